The minimum Gasteiger partial charge on any atom is -0.320 e. The molecule has 1 aromatic heterocycles. The van der Waals surface area contributed by atoms with Gasteiger partial charge in [0.05, 0.1) is 11.0 Å². The molecule has 0 saturated heterocycles. The summed E-state index contributed by atoms with van der Waals surface area (Å²) in [6.45, 7) is 5.15. The molecule has 1 aliphatic rings. The van der Waals surface area contributed by atoms with E-state index in [4.69, 9.17) is 16.6 Å². The van der Waals surface area contributed by atoms with Gasteiger partial charge in [-0.3, -0.25) is 0 Å². The van der Waals surface area contributed by atoms with E-state index in [0.717, 1.165) is 22.9 Å². The number of halogens is 1. The van der Waals surface area contributed by atoms with Crippen LogP contribution in [0.3, 0.4) is 0 Å². The van der Waals surface area contributed by atoms with Crippen LogP contribution in [0.4, 0.5) is 0 Å². The summed E-state index contributed by atoms with van der Waals surface area (Å²) in [7, 11) is 0. The van der Waals surface area contributed by atoms with E-state index >= 15 is 0 Å². The number of hydrogen-bond acceptors (Lipinski definition) is 1. The van der Waals surface area contributed by atoms with Crippen molar-refractivity contribution in [2.45, 2.75) is 52.5 Å². The fourth-order valence-electron chi connectivity index (χ4n) is 3.78. The van der Waals surface area contributed by atoms with Crippen LogP contribution in [0.5, 0.6) is 0 Å². The van der Waals surface area contributed by atoms with Gasteiger partial charge in [-0.05, 0) is 86.6 Å². The first-order chi connectivity index (χ1) is 12.6. The average molecular weight is 365 g/mol. The maximum absolute atomic E-state index is 6.06. The van der Waals surface area contributed by atoms with E-state index in [2.05, 4.69) is 48.8 Å². The molecule has 134 valence electrons. The third kappa shape index (κ3) is 3.57. The monoisotopic (exact) mass is 364 g/mol. The Morgan fingerprint density at radius 1 is 1.00 bits per heavy atom. The first-order valence-electron chi connectivity index (χ1n) is 9.51. The average Bonchev–Trinajstić information content (AvgIpc) is 2.95. The van der Waals surface area contributed by atoms with Gasteiger partial charge < -0.3 is 4.57 Å². The van der Waals surface area contributed by atoms with E-state index in [1.165, 1.54) is 59.9 Å². The van der Waals surface area contributed by atoms with Crippen LogP contribution < -0.4 is 0 Å². The zero-order valence-corrected chi connectivity index (χ0v) is 16.3. The van der Waals surface area contributed by atoms with Gasteiger partial charge in [0.2, 0.25) is 0 Å². The second kappa shape index (κ2) is 7.28. The number of nitrogens with zero attached hydrogens (tertiary/aromatic N) is 2. The fourth-order valence-corrected chi connectivity index (χ4v) is 3.91. The van der Waals surface area contributed by atoms with Crippen molar-refractivity contribution >= 4 is 28.7 Å². The van der Waals surface area contributed by atoms with E-state index in [1.807, 2.05) is 12.1 Å². The van der Waals surface area contributed by atoms with E-state index in [0.29, 0.717) is 0 Å². The molecule has 0 amide bonds. The van der Waals surface area contributed by atoms with Crippen molar-refractivity contribution in [3.8, 4) is 0 Å². The highest BCUT2D eigenvalue weighted by Gasteiger charge is 2.13. The summed E-state index contributed by atoms with van der Waals surface area (Å²) in [6, 6.07) is 12.6. The Kier molecular flexibility index (Phi) is 4.86. The lowest BCUT2D eigenvalue weighted by Crippen LogP contribution is -2.03. The van der Waals surface area contributed by atoms with Crippen molar-refractivity contribution in [2.75, 3.05) is 0 Å². The highest BCUT2D eigenvalue weighted by molar-refractivity contribution is 6.30. The Hall–Kier alpha value is -2.06. The number of fused-ring (bicyclic) bond motifs is 1. The molecule has 0 aliphatic heterocycles. The van der Waals surface area contributed by atoms with Gasteiger partial charge in [0, 0.05) is 11.6 Å². The van der Waals surface area contributed by atoms with Crippen molar-refractivity contribution in [2.24, 2.45) is 0 Å². The number of benzene rings is 2. The molecule has 2 nitrogen and oxygen atoms in total. The van der Waals surface area contributed by atoms with Crippen molar-refractivity contribution in [3.05, 3.63) is 69.5 Å². The summed E-state index contributed by atoms with van der Waals surface area (Å²) < 4.78 is 2.35. The number of hydrogen-bond donors (Lipinski definition) is 0. The van der Waals surface area contributed by atoms with Gasteiger partial charge in [0.25, 0.3) is 0 Å². The summed E-state index contributed by atoms with van der Waals surface area (Å²) in [4.78, 5) is 4.98. The first kappa shape index (κ1) is 17.4. The molecule has 0 bridgehead atoms. The minimum atomic E-state index is 0.778. The molecule has 0 spiro atoms. The standard InChI is InChI=1S/C23H25ClN2/c1-16-12-21-22(13-17(16)2)26(15-19-8-10-20(24)11-9-19)23(25-21)14-18-6-4-3-5-7-18/h8-14H,3-7,15H2,1-2H3. The highest BCUT2D eigenvalue weighted by Crippen LogP contribution is 2.28. The molecule has 26 heavy (non-hydrogen) atoms. The molecule has 0 N–H and O–H groups in total. The molecule has 0 unspecified atom stereocenters. The van der Waals surface area contributed by atoms with Crippen LogP contribution in [0, 0.1) is 13.8 Å². The lowest BCUT2D eigenvalue weighted by molar-refractivity contribution is 0.602. The molecule has 3 aromatic rings. The van der Waals surface area contributed by atoms with Crippen LogP contribution >= 0.6 is 11.6 Å². The number of rotatable bonds is 3. The Morgan fingerprint density at radius 2 is 1.69 bits per heavy atom. The van der Waals surface area contributed by atoms with Crippen LogP contribution in [0.2, 0.25) is 5.02 Å². The second-order valence-electron chi connectivity index (χ2n) is 7.47. The molecule has 0 radical (unpaired) electrons. The highest BCUT2D eigenvalue weighted by atomic mass is 35.5. The van der Waals surface area contributed by atoms with Gasteiger partial charge >= 0.3 is 0 Å². The third-order valence-electron chi connectivity index (χ3n) is 5.48. The number of allylic oxidation sites excluding steroid dienone is 1. The summed E-state index contributed by atoms with van der Waals surface area (Å²) in [5.74, 6) is 1.08. The van der Waals surface area contributed by atoms with Crippen molar-refractivity contribution in [1.29, 1.82) is 0 Å². The molecule has 0 atom stereocenters. The quantitative estimate of drug-likeness (QED) is 0.505. The summed E-state index contributed by atoms with van der Waals surface area (Å²) >= 11 is 6.06. The van der Waals surface area contributed by atoms with Crippen LogP contribution in [0.1, 0.15) is 54.6 Å². The maximum atomic E-state index is 6.06. The maximum Gasteiger partial charge on any atom is 0.134 e. The Balaban J connectivity index is 1.82. The predicted molar refractivity (Wildman–Crippen MR) is 111 cm³/mol. The van der Waals surface area contributed by atoms with Gasteiger partial charge in [-0.2, -0.15) is 0 Å². The molecule has 4 rings (SSSR count). The number of aryl methyl sites for hydroxylation is 2. The van der Waals surface area contributed by atoms with Crippen LogP contribution in [0.15, 0.2) is 42.0 Å². The summed E-state index contributed by atoms with van der Waals surface area (Å²) in [5, 5.41) is 0.778. The predicted octanol–water partition coefficient (Wildman–Crippen LogP) is 6.70. The van der Waals surface area contributed by atoms with Gasteiger partial charge in [-0.1, -0.05) is 35.7 Å². The van der Waals surface area contributed by atoms with Gasteiger partial charge in [-0.25, -0.2) is 4.98 Å². The van der Waals surface area contributed by atoms with Gasteiger partial charge in [-0.15, -0.1) is 0 Å². The zero-order valence-electron chi connectivity index (χ0n) is 15.6. The summed E-state index contributed by atoms with van der Waals surface area (Å²) in [5.41, 5.74) is 7.69. The van der Waals surface area contributed by atoms with Gasteiger partial charge in [0.1, 0.15) is 5.82 Å². The van der Waals surface area contributed by atoms with Crippen LogP contribution in [0.25, 0.3) is 17.1 Å². The Bertz CT molecular complexity index is 956. The van der Waals surface area contributed by atoms with E-state index < -0.39 is 0 Å². The zero-order chi connectivity index (χ0) is 18.1. The molecule has 1 aliphatic carbocycles. The van der Waals surface area contributed by atoms with E-state index in [1.54, 1.807) is 0 Å². The lowest BCUT2D eigenvalue weighted by Gasteiger charge is -2.14. The molecule has 1 heterocycles. The van der Waals surface area contributed by atoms with Crippen molar-refractivity contribution < 1.29 is 0 Å². The van der Waals surface area contributed by atoms with Crippen molar-refractivity contribution in [3.63, 3.8) is 0 Å². The SMILES string of the molecule is Cc1cc2nc(C=C3CCCCC3)n(Cc3ccc(Cl)cc3)c2cc1C. The molecule has 1 saturated carbocycles. The van der Waals surface area contributed by atoms with E-state index in [9.17, 15) is 0 Å². The number of aromatic nitrogens is 2. The first-order valence-corrected chi connectivity index (χ1v) is 9.89. The molecule has 2 aromatic carbocycles. The molecule has 3 heteroatoms. The van der Waals surface area contributed by atoms with E-state index in [-0.39, 0.29) is 0 Å². The topological polar surface area (TPSA) is 17.8 Å². The second-order valence-corrected chi connectivity index (χ2v) is 7.91. The smallest absolute Gasteiger partial charge is 0.134 e. The minimum absolute atomic E-state index is 0.778. The Morgan fingerprint density at radius 3 is 2.42 bits per heavy atom. The van der Waals surface area contributed by atoms with Crippen LogP contribution in [-0.2, 0) is 6.54 Å². The molecular formula is C23H25ClN2. The number of imidazole rings is 1. The van der Waals surface area contributed by atoms with Gasteiger partial charge in [0.15, 0.2) is 0 Å². The van der Waals surface area contributed by atoms with Crippen LogP contribution in [-0.4, -0.2) is 9.55 Å². The molecular weight excluding hydrogens is 340 g/mol. The largest absolute Gasteiger partial charge is 0.320 e. The Labute approximate surface area is 160 Å². The molecule has 1 fully saturated rings. The normalized spacial score (nSPS) is 14.8. The lowest BCUT2D eigenvalue weighted by atomic mass is 9.94. The van der Waals surface area contributed by atoms with Crippen molar-refractivity contribution in [1.82, 2.24) is 9.55 Å². The summed E-state index contributed by atoms with van der Waals surface area (Å²) in [6.07, 6.45) is 8.73. The third-order valence-corrected chi connectivity index (χ3v) is 5.73. The fraction of sp³-hybridized carbons (Fsp3) is 0.348.